The number of hydrazine groups is 1. The van der Waals surface area contributed by atoms with Crippen molar-refractivity contribution in [2.45, 2.75) is 314 Å². The van der Waals surface area contributed by atoms with Crippen LogP contribution in [-0.2, 0) is 107 Å². The van der Waals surface area contributed by atoms with Crippen molar-refractivity contribution in [3.8, 4) is 0 Å². The summed E-state index contributed by atoms with van der Waals surface area (Å²) in [7, 11) is 0. The average Bonchev–Trinajstić information content (AvgIpc) is 0.951. The molecule has 0 saturated carbocycles. The maximum Gasteiger partial charge on any atom is 0.234 e. The summed E-state index contributed by atoms with van der Waals surface area (Å²) in [6.45, 7) is 0.746. The molecule has 0 aromatic carbocycles. The zero-order valence-electron chi connectivity index (χ0n) is 65.5. The van der Waals surface area contributed by atoms with E-state index in [9.17, 15) is 126 Å². The number of carbonyl (C=O) groups is 5. The number of nitrogens with zero attached hydrogens (tertiary/aromatic N) is 6. The second-order valence-electron chi connectivity index (χ2n) is 29.4. The first-order valence-electron chi connectivity index (χ1n) is 39.5. The van der Waals surface area contributed by atoms with Crippen LogP contribution in [0, 0.1) is 0 Å². The lowest BCUT2D eigenvalue weighted by Crippen LogP contribution is -2.65. The van der Waals surface area contributed by atoms with E-state index >= 15 is 0 Å². The zero-order valence-corrected chi connectivity index (χ0v) is 65.5. The monoisotopic (exact) mass is 1710 g/mol. The molecule has 48 heteroatoms. The van der Waals surface area contributed by atoms with Gasteiger partial charge in [0.25, 0.3) is 0 Å². The van der Waals surface area contributed by atoms with Crippen LogP contribution in [0.5, 0.6) is 0 Å². The molecule has 31 atom stereocenters. The Labute approximate surface area is 677 Å². The Morgan fingerprint density at radius 1 is 0.432 bits per heavy atom. The van der Waals surface area contributed by atoms with Crippen molar-refractivity contribution in [3.63, 3.8) is 0 Å². The number of nitrogens with two attached hydrogens (primary N) is 1. The van der Waals surface area contributed by atoms with Crippen molar-refractivity contribution in [3.05, 3.63) is 23.8 Å². The number of hydrogen-bond donors (Lipinski definition) is 25. The van der Waals surface area contributed by atoms with Gasteiger partial charge in [0.2, 0.25) is 17.7 Å². The van der Waals surface area contributed by atoms with Crippen LogP contribution in [-0.4, -0.2) is 424 Å². The lowest BCUT2D eigenvalue weighted by molar-refractivity contribution is -0.366. The summed E-state index contributed by atoms with van der Waals surface area (Å²) in [6, 6.07) is -0.492. The Kier molecular flexibility index (Phi) is 42.6. The number of ether oxygens (including phenoxy) is 12. The number of aliphatic hydroxyl groups is 20. The quantitative estimate of drug-likeness (QED) is 0.0216. The summed E-state index contributed by atoms with van der Waals surface area (Å²) in [5, 5.41) is 228. The lowest BCUT2D eigenvalue weighted by Gasteiger charge is -2.46. The maximum absolute atomic E-state index is 12.7. The van der Waals surface area contributed by atoms with Crippen molar-refractivity contribution in [2.75, 3.05) is 72.5 Å². The Balaban J connectivity index is 0.000000329. The number of rotatable bonds is 47. The number of aryl methyl sites for hydroxylation is 4. The second-order valence-corrected chi connectivity index (χ2v) is 29.4. The van der Waals surface area contributed by atoms with E-state index in [1.807, 2.05) is 6.92 Å². The molecule has 0 radical (unpaired) electrons. The number of unbranched alkanes of at least 4 members (excludes halogenated alkanes) is 3. The summed E-state index contributed by atoms with van der Waals surface area (Å²) in [4.78, 5) is 60.9. The van der Waals surface area contributed by atoms with Crippen LogP contribution in [0.1, 0.15) is 109 Å². The van der Waals surface area contributed by atoms with Crippen molar-refractivity contribution < 1.29 is 183 Å². The number of hydrogen-bond acceptors (Lipinski definition) is 43. The van der Waals surface area contributed by atoms with Gasteiger partial charge in [-0.2, -0.15) is 0 Å². The molecule has 6 fully saturated rings. The van der Waals surface area contributed by atoms with E-state index in [0.717, 1.165) is 12.8 Å². The van der Waals surface area contributed by atoms with Crippen LogP contribution in [0.2, 0.25) is 0 Å². The topological polar surface area (TPSA) is 736 Å². The van der Waals surface area contributed by atoms with Crippen molar-refractivity contribution in [1.29, 1.82) is 0 Å². The Hall–Kier alpha value is -5.33. The van der Waals surface area contributed by atoms with Gasteiger partial charge in [0, 0.05) is 83.5 Å². The van der Waals surface area contributed by atoms with E-state index in [1.54, 1.807) is 21.8 Å². The number of nitrogens with one attached hydrogen (secondary N) is 4. The number of ketones is 2. The van der Waals surface area contributed by atoms with Crippen molar-refractivity contribution in [2.24, 2.45) is 5.73 Å². The van der Waals surface area contributed by atoms with Crippen LogP contribution in [0.3, 0.4) is 0 Å². The fourth-order valence-electron chi connectivity index (χ4n) is 13.3. The van der Waals surface area contributed by atoms with Gasteiger partial charge in [0.1, 0.15) is 158 Å². The maximum atomic E-state index is 12.7. The molecule has 678 valence electrons. The predicted octanol–water partition coefficient (Wildman–Crippen LogP) is -13.0. The number of Topliss-reactive ketones (excluding diaryl/α,β-unsaturated/α-hetero) is 2. The summed E-state index contributed by atoms with van der Waals surface area (Å²) in [5.41, 5.74) is 12.2. The molecule has 8 heterocycles. The fourth-order valence-corrected chi connectivity index (χ4v) is 13.3. The van der Waals surface area contributed by atoms with Crippen LogP contribution < -0.4 is 27.2 Å². The largest absolute Gasteiger partial charge is 0.394 e. The van der Waals surface area contributed by atoms with Gasteiger partial charge in [-0.3, -0.25) is 38.8 Å². The molecule has 0 spiro atoms. The molecule has 0 unspecified atom stereocenters. The Morgan fingerprint density at radius 2 is 0.822 bits per heavy atom. The van der Waals surface area contributed by atoms with Gasteiger partial charge in [-0.05, 0) is 65.3 Å². The summed E-state index contributed by atoms with van der Waals surface area (Å²) < 4.78 is 70.0. The summed E-state index contributed by atoms with van der Waals surface area (Å²) >= 11 is 0. The minimum atomic E-state index is -1.90. The smallest absolute Gasteiger partial charge is 0.234 e. The van der Waals surface area contributed by atoms with Crippen molar-refractivity contribution >= 4 is 29.3 Å². The Bertz CT molecular complexity index is 3250. The highest BCUT2D eigenvalue weighted by Crippen LogP contribution is 2.34. The van der Waals surface area contributed by atoms with Crippen LogP contribution >= 0.6 is 0 Å². The number of aromatic nitrogens is 6. The minimum absolute atomic E-state index is 0.0315. The van der Waals surface area contributed by atoms with E-state index in [-0.39, 0.29) is 81.2 Å². The molecule has 2 aromatic rings. The highest BCUT2D eigenvalue weighted by atomic mass is 16.8. The van der Waals surface area contributed by atoms with Crippen LogP contribution in [0.25, 0.3) is 0 Å². The molecule has 8 rings (SSSR count). The molecule has 2 aromatic heterocycles. The third-order valence-corrected chi connectivity index (χ3v) is 20.4. The lowest BCUT2D eigenvalue weighted by atomic mass is 9.96. The molecular weight excluding hydrogens is 1590 g/mol. The molecule has 48 nitrogen and oxygen atoms in total. The first kappa shape index (κ1) is 99.8. The SMILES string of the molecule is CC(=O)[C@H](CCCCN)NNC(=O)CCc1cn(CCCCC(=O)CCCO[C@@H]2O[C@H](CO[C@H]3O[C@H](CO)[C@@H](O)[C@H](O)[C@@H]3O)[C@@H](O)[C@H](O[C@H]3O[C@H](CO)[C@@H](O)[C@H](O)[C@@H]3O)[C@H]2O)nn1.CCNC(=O)CCc1cn(CCCCC(=O)NCCO[C@@H]2O[C@H](CO[C@H]3O[C@H](CO)[C@@H](O)[C@H](O)[C@@H]3O)[C@@H](O)[C@H](O[C@H]3O[C@H](CO)[C@@H](O)[C@H](O)[C@@H]3O)[C@H]2O)nn1. The molecule has 0 bridgehead atoms. The third-order valence-electron chi connectivity index (χ3n) is 20.4. The molecule has 3 amide bonds. The second kappa shape index (κ2) is 50.4. The predicted molar refractivity (Wildman–Crippen MR) is 389 cm³/mol. The molecule has 118 heavy (non-hydrogen) atoms. The fraction of sp³-hybridized carbons (Fsp3) is 0.871. The van der Waals surface area contributed by atoms with Gasteiger partial charge in [0.05, 0.1) is 70.3 Å². The van der Waals surface area contributed by atoms with Gasteiger partial charge in [-0.25, -0.2) is 5.43 Å². The highest BCUT2D eigenvalue weighted by Gasteiger charge is 2.55. The number of aliphatic hydroxyl groups excluding tert-OH is 20. The first-order valence-corrected chi connectivity index (χ1v) is 39.5. The highest BCUT2D eigenvalue weighted by molar-refractivity contribution is 5.82. The summed E-state index contributed by atoms with van der Waals surface area (Å²) in [6.07, 6.45) is -40.2. The van der Waals surface area contributed by atoms with Crippen molar-refractivity contribution in [1.82, 2.24) is 51.5 Å². The van der Waals surface area contributed by atoms with Gasteiger partial charge in [0.15, 0.2) is 37.7 Å². The van der Waals surface area contributed by atoms with E-state index in [1.165, 1.54) is 6.92 Å². The van der Waals surface area contributed by atoms with E-state index in [4.69, 9.17) is 62.6 Å². The first-order chi connectivity index (χ1) is 56.4. The molecule has 26 N–H and O–H groups in total. The molecule has 6 aliphatic rings. The summed E-state index contributed by atoms with van der Waals surface area (Å²) in [5.74, 6) is -0.810. The minimum Gasteiger partial charge on any atom is -0.394 e. The van der Waals surface area contributed by atoms with E-state index in [2.05, 4.69) is 42.1 Å². The van der Waals surface area contributed by atoms with Gasteiger partial charge >= 0.3 is 0 Å². The van der Waals surface area contributed by atoms with Gasteiger partial charge < -0.3 is 175 Å². The Morgan fingerprint density at radius 3 is 1.25 bits per heavy atom. The van der Waals surface area contributed by atoms with Crippen LogP contribution in [0.15, 0.2) is 12.4 Å². The number of amides is 3. The molecule has 0 aliphatic carbocycles. The number of carbonyl (C=O) groups excluding carboxylic acids is 5. The zero-order chi connectivity index (χ0) is 86.4. The average molecular weight is 1710 g/mol. The third kappa shape index (κ3) is 29.2. The van der Waals surface area contributed by atoms with Crippen LogP contribution in [0.4, 0.5) is 0 Å². The van der Waals surface area contributed by atoms with Gasteiger partial charge in [-0.15, -0.1) is 10.2 Å². The standard InChI is InChI=1S/C38H66N6O19.C32H55N5O18/c1-19(47)22(9-2-4-12-39)41-42-26(49)11-10-20-15-44(43-40-20)13-5-3-7-21(48)8-6-14-58-37-34(57)35(63-38-33(56)31(54)28(51)24(17-46)61-38)29(52)25(62-37)18-59-36-32(55)30(53)27(50)23(16-45)60-36;1-2-33-20(41)7-6-15-11-37(36-35-15)9-4-3-5-19(40)34-8-10-50-31-28(49)29(55-32-27(48)25(46)22(43)17(13-39)53-32)23(44)18(54-31)14-51-30-26(47)24(45)21(42)16(12-38)52-30/h15,22-25,27-38,41,45-46,50-57H,2-14,16-18,39H2,1H3,(H,42,49);11,16-18,21-32,38-39,42-49H,2-10,12-14H2,1H3,(H,33,41)(H,34,40)/t22-,23+,24+,25+,27+,28+,29+,30-,31-,32-,33-,34+,35-,36-,37+,38+;16-,17-,18-,21-,22-,23-,24+,25+,26+,27+,28-,29+,30+,31-,32-/m01/s1. The van der Waals surface area contributed by atoms with E-state index < -0.39 is 230 Å². The molecule has 6 saturated heterocycles. The van der Waals surface area contributed by atoms with E-state index in [0.29, 0.717) is 88.9 Å². The van der Waals surface area contributed by atoms with Gasteiger partial charge in [-0.1, -0.05) is 16.8 Å². The molecule has 6 aliphatic heterocycles. The normalized spacial score (nSPS) is 35.3. The molecular formula is C70H121N11O37.